The Bertz CT molecular complexity index is 811. The zero-order chi connectivity index (χ0) is 20.3. The number of nitrogens with zero attached hydrogens (tertiary/aromatic N) is 2. The number of rotatable bonds is 1. The van der Waals surface area contributed by atoms with Gasteiger partial charge in [0.25, 0.3) is 0 Å². The maximum Gasteiger partial charge on any atom is 0.0783 e. The van der Waals surface area contributed by atoms with Crippen LogP contribution in [0.25, 0.3) is 0 Å². The summed E-state index contributed by atoms with van der Waals surface area (Å²) in [4.78, 5) is 7.45. The van der Waals surface area contributed by atoms with Crippen LogP contribution < -0.4 is 5.32 Å². The van der Waals surface area contributed by atoms with Gasteiger partial charge in [0.15, 0.2) is 0 Å². The van der Waals surface area contributed by atoms with E-state index in [0.717, 1.165) is 49.4 Å². The second kappa shape index (κ2) is 9.84. The fraction of sp³-hybridized carbons (Fsp3) is 0.522. The Kier molecular flexibility index (Phi) is 7.71. The number of aryl methyl sites for hydroxylation is 2. The number of hydrogen-bond donors (Lipinski definition) is 1. The van der Waals surface area contributed by atoms with E-state index in [1.165, 1.54) is 32.4 Å². The number of hydrogen-bond acceptors (Lipinski definition) is 3. The number of nitrogens with one attached hydrogen (secondary N) is 1. The third kappa shape index (κ3) is 5.05. The third-order valence-electron chi connectivity index (χ3n) is 5.16. The highest BCUT2D eigenvalue weighted by Gasteiger charge is 2.31. The molecule has 1 unspecified atom stereocenters. The molecule has 0 amide bonds. The Morgan fingerprint density at radius 3 is 2.46 bits per heavy atom. The Hall–Kier alpha value is -0.750. The molecule has 0 bridgehead atoms. The van der Waals surface area contributed by atoms with Crippen molar-refractivity contribution in [2.75, 3.05) is 26.2 Å². The van der Waals surface area contributed by atoms with Crippen LogP contribution in [0.2, 0.25) is 0 Å². The van der Waals surface area contributed by atoms with E-state index in [4.69, 9.17) is 4.98 Å². The standard InChI is InChI=1S/C19H21Br2N3.C4H10/c1-12-2-4-16-15(17(12)21)5-3-13-10-14(20)11-23-18(13)19(16)24-8-6-22-7-9-24;1-4(2)3/h2,4,10-11,19,22H,3,5-9H2,1H3;4H,1-3H3. The zero-order valence-corrected chi connectivity index (χ0v) is 20.5. The number of fused-ring (bicyclic) bond motifs is 2. The molecule has 2 aliphatic rings. The molecule has 1 aliphatic heterocycles. The van der Waals surface area contributed by atoms with Crippen molar-refractivity contribution < 1.29 is 0 Å². The van der Waals surface area contributed by atoms with Crippen molar-refractivity contribution in [3.63, 3.8) is 0 Å². The van der Waals surface area contributed by atoms with Gasteiger partial charge in [0, 0.05) is 41.3 Å². The minimum Gasteiger partial charge on any atom is -0.314 e. The van der Waals surface area contributed by atoms with Crippen LogP contribution in [0.1, 0.15) is 54.8 Å². The summed E-state index contributed by atoms with van der Waals surface area (Å²) in [5.74, 6) is 0.833. The first-order valence-corrected chi connectivity index (χ1v) is 11.8. The van der Waals surface area contributed by atoms with Crippen molar-refractivity contribution >= 4 is 31.9 Å². The lowest BCUT2D eigenvalue weighted by Gasteiger charge is -2.36. The summed E-state index contributed by atoms with van der Waals surface area (Å²) < 4.78 is 2.34. The van der Waals surface area contributed by atoms with E-state index in [1.54, 1.807) is 0 Å². The number of pyridine rings is 1. The van der Waals surface area contributed by atoms with E-state index in [0.29, 0.717) is 0 Å². The number of halogens is 2. The average molecular weight is 509 g/mol. The van der Waals surface area contributed by atoms with E-state index in [9.17, 15) is 0 Å². The predicted octanol–water partition coefficient (Wildman–Crippen LogP) is 5.67. The van der Waals surface area contributed by atoms with E-state index in [1.807, 2.05) is 6.20 Å². The molecular weight excluding hydrogens is 478 g/mol. The van der Waals surface area contributed by atoms with Gasteiger partial charge in [0.2, 0.25) is 0 Å². The molecule has 0 radical (unpaired) electrons. The Morgan fingerprint density at radius 2 is 1.79 bits per heavy atom. The van der Waals surface area contributed by atoms with Gasteiger partial charge in [-0.1, -0.05) is 48.8 Å². The molecule has 1 aromatic carbocycles. The van der Waals surface area contributed by atoms with Crippen LogP contribution in [0.4, 0.5) is 0 Å². The van der Waals surface area contributed by atoms with Crippen molar-refractivity contribution in [3.8, 4) is 0 Å². The van der Waals surface area contributed by atoms with Crippen molar-refractivity contribution in [2.45, 2.75) is 46.6 Å². The second-order valence-electron chi connectivity index (χ2n) is 8.38. The topological polar surface area (TPSA) is 28.2 Å². The Morgan fingerprint density at radius 1 is 1.11 bits per heavy atom. The van der Waals surface area contributed by atoms with Gasteiger partial charge in [0.05, 0.1) is 11.7 Å². The van der Waals surface area contributed by atoms with Crippen molar-refractivity contribution in [1.82, 2.24) is 15.2 Å². The first-order chi connectivity index (χ1) is 13.4. The second-order valence-corrected chi connectivity index (χ2v) is 10.1. The van der Waals surface area contributed by atoms with Crippen LogP contribution in [0.3, 0.4) is 0 Å². The van der Waals surface area contributed by atoms with E-state index in [2.05, 4.69) is 88.0 Å². The molecule has 2 heterocycles. The summed E-state index contributed by atoms with van der Waals surface area (Å²) in [6.45, 7) is 12.9. The molecule has 152 valence electrons. The van der Waals surface area contributed by atoms with Gasteiger partial charge in [-0.25, -0.2) is 0 Å². The molecule has 1 fully saturated rings. The number of piperazine rings is 1. The van der Waals surface area contributed by atoms with Gasteiger partial charge in [-0.05, 0) is 69.9 Å². The molecule has 1 aliphatic carbocycles. The smallest absolute Gasteiger partial charge is 0.0783 e. The van der Waals surface area contributed by atoms with Gasteiger partial charge in [0.1, 0.15) is 0 Å². The highest BCUT2D eigenvalue weighted by molar-refractivity contribution is 9.10. The lowest BCUT2D eigenvalue weighted by atomic mass is 9.95. The molecule has 1 N–H and O–H groups in total. The highest BCUT2D eigenvalue weighted by Crippen LogP contribution is 2.40. The van der Waals surface area contributed by atoms with E-state index in [-0.39, 0.29) is 6.04 Å². The monoisotopic (exact) mass is 507 g/mol. The number of benzene rings is 1. The van der Waals surface area contributed by atoms with Crippen LogP contribution in [0.5, 0.6) is 0 Å². The summed E-state index contributed by atoms with van der Waals surface area (Å²) in [6.07, 6.45) is 4.05. The van der Waals surface area contributed by atoms with E-state index >= 15 is 0 Å². The van der Waals surface area contributed by atoms with Crippen LogP contribution in [0, 0.1) is 12.8 Å². The molecule has 5 heteroatoms. The normalized spacial score (nSPS) is 19.3. The molecule has 2 aromatic rings. The molecule has 28 heavy (non-hydrogen) atoms. The number of aromatic nitrogens is 1. The maximum absolute atomic E-state index is 4.86. The summed E-state index contributed by atoms with van der Waals surface area (Å²) in [5.41, 5.74) is 6.78. The van der Waals surface area contributed by atoms with Crippen molar-refractivity contribution in [1.29, 1.82) is 0 Å². The maximum atomic E-state index is 4.86. The van der Waals surface area contributed by atoms with Crippen LogP contribution >= 0.6 is 31.9 Å². The van der Waals surface area contributed by atoms with Crippen molar-refractivity contribution in [3.05, 3.63) is 61.3 Å². The molecule has 4 rings (SSSR count). The van der Waals surface area contributed by atoms with Gasteiger partial charge in [-0.3, -0.25) is 9.88 Å². The fourth-order valence-electron chi connectivity index (χ4n) is 3.92. The van der Waals surface area contributed by atoms with Crippen LogP contribution in [0.15, 0.2) is 33.3 Å². The molecular formula is C23H31Br2N3. The fourth-order valence-corrected chi connectivity index (χ4v) is 4.86. The first kappa shape index (κ1) is 21.9. The summed E-state index contributed by atoms with van der Waals surface area (Å²) in [7, 11) is 0. The summed E-state index contributed by atoms with van der Waals surface area (Å²) in [5, 5.41) is 3.47. The van der Waals surface area contributed by atoms with Gasteiger partial charge >= 0.3 is 0 Å². The molecule has 1 aromatic heterocycles. The van der Waals surface area contributed by atoms with Crippen LogP contribution in [-0.4, -0.2) is 36.1 Å². The average Bonchev–Trinajstić information content (AvgIpc) is 2.82. The van der Waals surface area contributed by atoms with E-state index < -0.39 is 0 Å². The van der Waals surface area contributed by atoms with Gasteiger partial charge in [-0.2, -0.15) is 0 Å². The summed E-state index contributed by atoms with van der Waals surface area (Å²) in [6, 6.07) is 7.07. The Balaban J connectivity index is 0.000000516. The lowest BCUT2D eigenvalue weighted by molar-refractivity contribution is 0.195. The summed E-state index contributed by atoms with van der Waals surface area (Å²) >= 11 is 7.45. The largest absolute Gasteiger partial charge is 0.314 e. The van der Waals surface area contributed by atoms with Gasteiger partial charge < -0.3 is 5.32 Å². The lowest BCUT2D eigenvalue weighted by Crippen LogP contribution is -2.45. The molecule has 0 saturated carbocycles. The Labute approximate surface area is 186 Å². The van der Waals surface area contributed by atoms with Crippen LogP contribution in [-0.2, 0) is 12.8 Å². The molecule has 3 nitrogen and oxygen atoms in total. The zero-order valence-electron chi connectivity index (χ0n) is 17.4. The first-order valence-electron chi connectivity index (χ1n) is 10.3. The third-order valence-corrected chi connectivity index (χ3v) is 6.69. The molecule has 1 saturated heterocycles. The highest BCUT2D eigenvalue weighted by atomic mass is 79.9. The minimum atomic E-state index is 0.254. The van der Waals surface area contributed by atoms with Crippen molar-refractivity contribution in [2.24, 2.45) is 5.92 Å². The SMILES string of the molecule is CC(C)C.Cc1ccc2c(c1Br)CCc1cc(Br)cnc1C2N1CCNCC1. The minimum absolute atomic E-state index is 0.254. The quantitative estimate of drug-likeness (QED) is 0.537. The molecule has 0 spiro atoms. The predicted molar refractivity (Wildman–Crippen MR) is 125 cm³/mol. The molecule has 1 atom stereocenters. The van der Waals surface area contributed by atoms with Gasteiger partial charge in [-0.15, -0.1) is 0 Å².